The van der Waals surface area contributed by atoms with Gasteiger partial charge in [0.2, 0.25) is 0 Å². The fourth-order valence-corrected chi connectivity index (χ4v) is 1.81. The maximum atomic E-state index is 12.7. The number of hydrogen-bond acceptors (Lipinski definition) is 2. The van der Waals surface area contributed by atoms with Crippen molar-refractivity contribution in [3.63, 3.8) is 0 Å². The molecule has 4 nitrogen and oxygen atoms in total. The Morgan fingerprint density at radius 1 is 1.12 bits per heavy atom. The summed E-state index contributed by atoms with van der Waals surface area (Å²) in [7, 11) is 0. The normalized spacial score (nSPS) is 16.3. The van der Waals surface area contributed by atoms with Crippen LogP contribution in [0.2, 0.25) is 0 Å². The van der Waals surface area contributed by atoms with Crippen molar-refractivity contribution in [3.05, 3.63) is 30.1 Å². The van der Waals surface area contributed by atoms with Gasteiger partial charge in [-0.2, -0.15) is 0 Å². The van der Waals surface area contributed by atoms with Crippen LogP contribution >= 0.6 is 0 Å². The van der Waals surface area contributed by atoms with E-state index in [0.717, 1.165) is 5.69 Å². The van der Waals surface area contributed by atoms with E-state index in [1.165, 1.54) is 17.0 Å². The molecular weight excluding hydrogens is 211 g/mol. The molecule has 1 aliphatic rings. The highest BCUT2D eigenvalue weighted by Gasteiger charge is 2.20. The number of nitrogens with zero attached hydrogens (tertiary/aromatic N) is 2. The van der Waals surface area contributed by atoms with Gasteiger partial charge in [-0.05, 0) is 24.3 Å². The lowest BCUT2D eigenvalue weighted by Crippen LogP contribution is -2.48. The van der Waals surface area contributed by atoms with Crippen LogP contribution in [0.4, 0.5) is 14.9 Å². The topological polar surface area (TPSA) is 43.8 Å². The van der Waals surface area contributed by atoms with E-state index in [1.807, 2.05) is 0 Å². The number of amides is 1. The van der Waals surface area contributed by atoms with Crippen molar-refractivity contribution in [3.8, 4) is 0 Å². The highest BCUT2D eigenvalue weighted by Crippen LogP contribution is 2.16. The maximum absolute atomic E-state index is 12.7. The van der Waals surface area contributed by atoms with Gasteiger partial charge >= 0.3 is 6.09 Å². The number of halogens is 1. The first-order chi connectivity index (χ1) is 7.66. The summed E-state index contributed by atoms with van der Waals surface area (Å²) in [6.07, 6.45) is -0.876. The van der Waals surface area contributed by atoms with E-state index in [4.69, 9.17) is 5.11 Å². The monoisotopic (exact) mass is 224 g/mol. The van der Waals surface area contributed by atoms with Crippen molar-refractivity contribution in [1.82, 2.24) is 4.90 Å². The van der Waals surface area contributed by atoms with Gasteiger partial charge in [0, 0.05) is 31.9 Å². The molecule has 1 amide bonds. The van der Waals surface area contributed by atoms with Crippen LogP contribution in [-0.4, -0.2) is 42.3 Å². The van der Waals surface area contributed by atoms with Crippen molar-refractivity contribution >= 4 is 11.8 Å². The first-order valence-corrected chi connectivity index (χ1v) is 5.15. The Hall–Kier alpha value is -1.78. The molecule has 16 heavy (non-hydrogen) atoms. The lowest BCUT2D eigenvalue weighted by Gasteiger charge is -2.34. The second kappa shape index (κ2) is 4.38. The van der Waals surface area contributed by atoms with Gasteiger partial charge in [0.05, 0.1) is 0 Å². The Labute approximate surface area is 92.9 Å². The summed E-state index contributed by atoms with van der Waals surface area (Å²) in [5, 5.41) is 8.79. The molecule has 0 unspecified atom stereocenters. The first kappa shape index (κ1) is 10.7. The third-order valence-electron chi connectivity index (χ3n) is 2.74. The lowest BCUT2D eigenvalue weighted by molar-refractivity contribution is 0.142. The molecule has 1 N–H and O–H groups in total. The van der Waals surface area contributed by atoms with Crippen molar-refractivity contribution in [2.75, 3.05) is 31.1 Å². The van der Waals surface area contributed by atoms with Gasteiger partial charge in [-0.1, -0.05) is 0 Å². The summed E-state index contributed by atoms with van der Waals surface area (Å²) in [5.41, 5.74) is 0.937. The molecule has 86 valence electrons. The molecule has 0 spiro atoms. The zero-order valence-corrected chi connectivity index (χ0v) is 8.77. The zero-order chi connectivity index (χ0) is 11.5. The van der Waals surface area contributed by atoms with Gasteiger partial charge < -0.3 is 14.9 Å². The zero-order valence-electron chi connectivity index (χ0n) is 8.77. The number of rotatable bonds is 1. The Morgan fingerprint density at radius 2 is 1.69 bits per heavy atom. The third kappa shape index (κ3) is 2.24. The molecule has 0 atom stereocenters. The smallest absolute Gasteiger partial charge is 0.407 e. The quantitative estimate of drug-likeness (QED) is 0.788. The van der Waals surface area contributed by atoms with Gasteiger partial charge in [-0.15, -0.1) is 0 Å². The Balaban J connectivity index is 1.99. The number of piperazine rings is 1. The molecule has 0 radical (unpaired) electrons. The fraction of sp³-hybridized carbons (Fsp3) is 0.364. The molecule has 0 aliphatic carbocycles. The second-order valence-electron chi connectivity index (χ2n) is 3.73. The summed E-state index contributed by atoms with van der Waals surface area (Å²) < 4.78 is 12.7. The van der Waals surface area contributed by atoms with Gasteiger partial charge in [-0.3, -0.25) is 0 Å². The van der Waals surface area contributed by atoms with E-state index in [-0.39, 0.29) is 5.82 Å². The predicted octanol–water partition coefficient (Wildman–Crippen LogP) is 1.63. The van der Waals surface area contributed by atoms with Crippen molar-refractivity contribution in [2.45, 2.75) is 0 Å². The van der Waals surface area contributed by atoms with Crippen molar-refractivity contribution in [1.29, 1.82) is 0 Å². The SMILES string of the molecule is O=C(O)N1CCN(c2ccc(F)cc2)CC1. The van der Waals surface area contributed by atoms with Gasteiger partial charge in [-0.25, -0.2) is 9.18 Å². The standard InChI is InChI=1S/C11H13FN2O2/c12-9-1-3-10(4-2-9)13-5-7-14(8-6-13)11(15)16/h1-4H,5-8H2,(H,15,16). The molecule has 0 bridgehead atoms. The third-order valence-corrected chi connectivity index (χ3v) is 2.74. The number of carbonyl (C=O) groups is 1. The van der Waals surface area contributed by atoms with Crippen molar-refractivity contribution in [2.24, 2.45) is 0 Å². The minimum atomic E-state index is -0.876. The first-order valence-electron chi connectivity index (χ1n) is 5.15. The van der Waals surface area contributed by atoms with Gasteiger partial charge in [0.1, 0.15) is 5.82 Å². The van der Waals surface area contributed by atoms with Crippen LogP contribution in [0, 0.1) is 5.82 Å². The number of carboxylic acid groups (broad SMARTS) is 1. The molecule has 1 fully saturated rings. The van der Waals surface area contributed by atoms with E-state index in [2.05, 4.69) is 4.90 Å². The van der Waals surface area contributed by atoms with Crippen LogP contribution < -0.4 is 4.90 Å². The highest BCUT2D eigenvalue weighted by atomic mass is 19.1. The summed E-state index contributed by atoms with van der Waals surface area (Å²) in [6.45, 7) is 2.29. The molecule has 1 aromatic rings. The average Bonchev–Trinajstić information content (AvgIpc) is 2.30. The van der Waals surface area contributed by atoms with E-state index in [9.17, 15) is 9.18 Å². The number of anilines is 1. The molecular formula is C11H13FN2O2. The summed E-state index contributed by atoms with van der Waals surface area (Å²) >= 11 is 0. The van der Waals surface area contributed by atoms with Gasteiger partial charge in [0.25, 0.3) is 0 Å². The second-order valence-corrected chi connectivity index (χ2v) is 3.73. The lowest BCUT2D eigenvalue weighted by atomic mass is 10.2. The average molecular weight is 224 g/mol. The Kier molecular flexibility index (Phi) is 2.94. The summed E-state index contributed by atoms with van der Waals surface area (Å²) in [5.74, 6) is -0.257. The van der Waals surface area contributed by atoms with Crippen LogP contribution in [0.5, 0.6) is 0 Å². The molecule has 0 aromatic heterocycles. The van der Waals surface area contributed by atoms with Crippen LogP contribution in [0.15, 0.2) is 24.3 Å². The van der Waals surface area contributed by atoms with Crippen LogP contribution in [0.1, 0.15) is 0 Å². The molecule has 1 saturated heterocycles. The molecule has 1 heterocycles. The van der Waals surface area contributed by atoms with E-state index < -0.39 is 6.09 Å². The van der Waals surface area contributed by atoms with Crippen LogP contribution in [0.3, 0.4) is 0 Å². The minimum absolute atomic E-state index is 0.257. The van der Waals surface area contributed by atoms with Gasteiger partial charge in [0.15, 0.2) is 0 Å². The molecule has 5 heteroatoms. The number of benzene rings is 1. The summed E-state index contributed by atoms with van der Waals surface area (Å²) in [6, 6.07) is 6.26. The largest absolute Gasteiger partial charge is 0.465 e. The maximum Gasteiger partial charge on any atom is 0.407 e. The number of hydrogen-bond donors (Lipinski definition) is 1. The molecule has 2 rings (SSSR count). The Morgan fingerprint density at radius 3 is 2.19 bits per heavy atom. The van der Waals surface area contributed by atoms with E-state index in [0.29, 0.717) is 26.2 Å². The van der Waals surface area contributed by atoms with Crippen LogP contribution in [0.25, 0.3) is 0 Å². The molecule has 0 saturated carbocycles. The Bertz CT molecular complexity index is 372. The van der Waals surface area contributed by atoms with Crippen molar-refractivity contribution < 1.29 is 14.3 Å². The van der Waals surface area contributed by atoms with E-state index in [1.54, 1.807) is 12.1 Å². The van der Waals surface area contributed by atoms with E-state index >= 15 is 0 Å². The highest BCUT2D eigenvalue weighted by molar-refractivity contribution is 5.65. The van der Waals surface area contributed by atoms with Crippen LogP contribution in [-0.2, 0) is 0 Å². The summed E-state index contributed by atoms with van der Waals surface area (Å²) in [4.78, 5) is 14.1. The minimum Gasteiger partial charge on any atom is -0.465 e. The molecule has 1 aliphatic heterocycles. The fourth-order valence-electron chi connectivity index (χ4n) is 1.81. The predicted molar refractivity (Wildman–Crippen MR) is 58.2 cm³/mol. The molecule has 1 aromatic carbocycles.